The molecule has 1 aliphatic heterocycles. The molecule has 0 spiro atoms. The Balaban J connectivity index is 1.08. The maximum atomic E-state index is 15.3. The zero-order chi connectivity index (χ0) is 49.3. The minimum atomic E-state index is -0.744. The van der Waals surface area contributed by atoms with Crippen molar-refractivity contribution in [2.45, 2.75) is 52.4 Å². The Morgan fingerprint density at radius 1 is 0.451 bits per heavy atom. The van der Waals surface area contributed by atoms with Gasteiger partial charge in [0.1, 0.15) is 47.3 Å². The Labute approximate surface area is 410 Å². The van der Waals surface area contributed by atoms with Crippen LogP contribution in [0.1, 0.15) is 52.7 Å². The summed E-state index contributed by atoms with van der Waals surface area (Å²) in [5.74, 6) is -0.940. The maximum Gasteiger partial charge on any atom is 0.137 e. The number of anilines is 4. The van der Waals surface area contributed by atoms with Gasteiger partial charge in [-0.1, -0.05) is 102 Å². The van der Waals surface area contributed by atoms with Crippen LogP contribution >= 0.6 is 0 Å². The van der Waals surface area contributed by atoms with Crippen LogP contribution in [-0.2, 0) is 10.8 Å². The van der Waals surface area contributed by atoms with Gasteiger partial charge in [0, 0.05) is 58.0 Å². The molecule has 0 fully saturated rings. The molecule has 0 amide bonds. The topological polar surface area (TPSA) is 33.5 Å². The molecule has 0 aliphatic carbocycles. The number of pyridine rings is 1. The molecule has 5 nitrogen and oxygen atoms in total. The molecule has 0 radical (unpaired) electrons. The highest BCUT2D eigenvalue weighted by Gasteiger charge is 2.34. The van der Waals surface area contributed by atoms with Crippen molar-refractivity contribution in [3.63, 3.8) is 0 Å². The summed E-state index contributed by atoms with van der Waals surface area (Å²) in [6.07, 6.45) is 1.87. The van der Waals surface area contributed by atoms with Crippen LogP contribution in [0.25, 0.3) is 61.0 Å². The number of rotatable bonds is 8. The monoisotopic (exact) mass is 942 g/mol. The van der Waals surface area contributed by atoms with Crippen LogP contribution < -0.4 is 14.5 Å². The molecule has 8 aromatic carbocycles. The van der Waals surface area contributed by atoms with Crippen LogP contribution in [0.4, 0.5) is 40.3 Å². The Kier molecular flexibility index (Phi) is 11.1. The van der Waals surface area contributed by atoms with E-state index in [-0.39, 0.29) is 23.2 Å². The van der Waals surface area contributed by atoms with Crippen molar-refractivity contribution in [3.8, 4) is 50.7 Å². The highest BCUT2D eigenvalue weighted by molar-refractivity contribution is 6.09. The molecule has 11 rings (SSSR count). The van der Waals surface area contributed by atoms with Crippen molar-refractivity contribution in [2.24, 2.45) is 0 Å². The minimum absolute atomic E-state index is 0.0814. The highest BCUT2D eigenvalue weighted by atomic mass is 19.1. The Morgan fingerprint density at radius 2 is 1.03 bits per heavy atom. The molecule has 0 atom stereocenters. The predicted molar refractivity (Wildman–Crippen MR) is 281 cm³/mol. The average Bonchev–Trinajstić information content (AvgIpc) is 3.88. The maximum absolute atomic E-state index is 15.3. The van der Waals surface area contributed by atoms with E-state index in [2.05, 4.69) is 95.8 Å². The van der Waals surface area contributed by atoms with Crippen molar-refractivity contribution in [2.75, 3.05) is 16.5 Å². The summed E-state index contributed by atoms with van der Waals surface area (Å²) in [5, 5.41) is 2.17. The normalized spacial score (nSPS) is 12.8. The molecular weight excluding hydrogens is 893 g/mol. The lowest BCUT2D eigenvalue weighted by Crippen LogP contribution is -2.25. The number of hydrogen-bond donors (Lipinski definition) is 0. The molecule has 0 N–H and O–H groups in total. The van der Waals surface area contributed by atoms with Gasteiger partial charge in [-0.2, -0.15) is 0 Å². The number of benzene rings is 8. The third-order valence-electron chi connectivity index (χ3n) is 13.4. The van der Waals surface area contributed by atoms with Gasteiger partial charge in [-0.3, -0.25) is 4.57 Å². The molecule has 2 aromatic heterocycles. The van der Waals surface area contributed by atoms with E-state index in [0.29, 0.717) is 28.3 Å². The van der Waals surface area contributed by atoms with E-state index >= 15 is 17.6 Å². The quantitative estimate of drug-likeness (QED) is 0.142. The van der Waals surface area contributed by atoms with Crippen LogP contribution in [0.15, 0.2) is 182 Å². The Morgan fingerprint density at radius 3 is 1.66 bits per heavy atom. The van der Waals surface area contributed by atoms with Crippen molar-refractivity contribution in [1.29, 1.82) is 0 Å². The predicted octanol–water partition coefficient (Wildman–Crippen LogP) is 17.4. The van der Waals surface area contributed by atoms with E-state index in [9.17, 15) is 0 Å². The van der Waals surface area contributed by atoms with Gasteiger partial charge < -0.3 is 14.5 Å². The average molecular weight is 943 g/mol. The van der Waals surface area contributed by atoms with E-state index in [1.807, 2.05) is 106 Å². The second-order valence-electron chi connectivity index (χ2n) is 20.3. The van der Waals surface area contributed by atoms with Crippen LogP contribution in [0.5, 0.6) is 11.5 Å². The van der Waals surface area contributed by atoms with Crippen LogP contribution in [0.3, 0.4) is 0 Å². The number of para-hydroxylation sites is 3. The summed E-state index contributed by atoms with van der Waals surface area (Å²) in [7, 11) is 0. The molecular formula is C62H50F4N4O. The van der Waals surface area contributed by atoms with Gasteiger partial charge in [-0.15, -0.1) is 0 Å². The summed E-state index contributed by atoms with van der Waals surface area (Å²) < 4.78 is 70.3. The fourth-order valence-corrected chi connectivity index (χ4v) is 9.84. The summed E-state index contributed by atoms with van der Waals surface area (Å²) in [6.45, 7) is 12.9. The number of ether oxygens (including phenoxy) is 1. The second-order valence-corrected chi connectivity index (χ2v) is 20.3. The Bertz CT molecular complexity index is 3590. The van der Waals surface area contributed by atoms with E-state index in [0.717, 1.165) is 73.5 Å². The smallest absolute Gasteiger partial charge is 0.137 e. The van der Waals surface area contributed by atoms with Gasteiger partial charge in [0.25, 0.3) is 0 Å². The van der Waals surface area contributed by atoms with E-state index in [1.165, 1.54) is 29.8 Å². The first-order valence-corrected chi connectivity index (χ1v) is 23.7. The number of nitrogens with zero attached hydrogens (tertiary/aromatic N) is 4. The van der Waals surface area contributed by atoms with Crippen LogP contribution in [0.2, 0.25) is 0 Å². The van der Waals surface area contributed by atoms with Crippen LogP contribution in [-0.4, -0.2) is 16.2 Å². The van der Waals surface area contributed by atoms with Gasteiger partial charge in [0.15, 0.2) is 0 Å². The summed E-state index contributed by atoms with van der Waals surface area (Å²) in [4.78, 5) is 9.10. The zero-order valence-corrected chi connectivity index (χ0v) is 40.2. The molecule has 1 aliphatic rings. The third kappa shape index (κ3) is 8.56. The molecule has 3 heterocycles. The third-order valence-corrected chi connectivity index (χ3v) is 13.4. The lowest BCUT2D eigenvalue weighted by Gasteiger charge is -2.30. The molecule has 0 bridgehead atoms. The molecule has 352 valence electrons. The number of halogens is 4. The molecule has 0 unspecified atom stereocenters. The zero-order valence-electron chi connectivity index (χ0n) is 40.2. The number of hydrogen-bond acceptors (Lipinski definition) is 4. The minimum Gasteiger partial charge on any atom is -0.457 e. The molecule has 0 saturated heterocycles. The van der Waals surface area contributed by atoms with Gasteiger partial charge in [0.05, 0.1) is 28.1 Å². The van der Waals surface area contributed by atoms with E-state index < -0.39 is 28.7 Å². The van der Waals surface area contributed by atoms with E-state index in [4.69, 9.17) is 9.72 Å². The summed E-state index contributed by atoms with van der Waals surface area (Å²) in [5.41, 5.74) is 9.85. The van der Waals surface area contributed by atoms with Gasteiger partial charge in [-0.25, -0.2) is 22.5 Å². The van der Waals surface area contributed by atoms with Gasteiger partial charge in [-0.05, 0) is 135 Å². The van der Waals surface area contributed by atoms with Gasteiger partial charge in [0.2, 0.25) is 0 Å². The molecule has 71 heavy (non-hydrogen) atoms. The first kappa shape index (κ1) is 45.3. The van der Waals surface area contributed by atoms with Crippen molar-refractivity contribution in [1.82, 2.24) is 9.55 Å². The van der Waals surface area contributed by atoms with Crippen LogP contribution in [0, 0.1) is 23.3 Å². The lowest BCUT2D eigenvalue weighted by atomic mass is 9.82. The highest BCUT2D eigenvalue weighted by Crippen LogP contribution is 2.52. The first-order chi connectivity index (χ1) is 34.1. The number of fused-ring (bicyclic) bond motifs is 4. The fourth-order valence-electron chi connectivity index (χ4n) is 9.84. The lowest BCUT2D eigenvalue weighted by molar-refractivity contribution is 0.483. The standard InChI is InChI=1S/C62H50F4N4O/c1-61(2,3)42-22-23-67-59(32-42)70-55-17-11-10-16-51(55)52-21-20-49(36-58(52)70)71-50-29-39(38-14-8-7-9-15-38)28-48(35-50)68-37-69(57-19-13-12-18-56(57)68)60-53(40-24-44(63)33-45(64)25-40)30-43(62(4,5)6)31-54(60)41-26-46(65)34-47(66)27-41/h7-36H,37H2,1-6H3. The fraction of sp³-hybridized carbons (Fsp3) is 0.145. The molecule has 10 aromatic rings. The first-order valence-electron chi connectivity index (χ1n) is 23.7. The molecule has 0 saturated carbocycles. The SMILES string of the molecule is CC(C)(C)c1ccnc(-n2c3ccccc3c3ccc(Oc4cc(-c5ccccc5)cc(N5CN(c6c(-c7cc(F)cc(F)c7)cc(C(C)(C)C)cc6-c6cc(F)cc(F)c6)c6ccccc65)c4)cc32)c1. The largest absolute Gasteiger partial charge is 0.457 e. The Hall–Kier alpha value is -8.17. The molecule has 9 heteroatoms. The van der Waals surface area contributed by atoms with Crippen molar-refractivity contribution < 1.29 is 22.3 Å². The van der Waals surface area contributed by atoms with Gasteiger partial charge >= 0.3 is 0 Å². The second kappa shape index (κ2) is 17.4. The number of aromatic nitrogens is 2. The summed E-state index contributed by atoms with van der Waals surface area (Å²) >= 11 is 0. The van der Waals surface area contributed by atoms with Crippen molar-refractivity contribution >= 4 is 44.6 Å². The van der Waals surface area contributed by atoms with E-state index in [1.54, 1.807) is 0 Å². The van der Waals surface area contributed by atoms with Crippen molar-refractivity contribution in [3.05, 3.63) is 217 Å². The summed E-state index contributed by atoms with van der Waals surface area (Å²) in [6, 6.07) is 53.6.